The van der Waals surface area contributed by atoms with Crippen LogP contribution in [0.25, 0.3) is 0 Å². The second-order valence-electron chi connectivity index (χ2n) is 4.37. The lowest BCUT2D eigenvalue weighted by Gasteiger charge is -2.29. The van der Waals surface area contributed by atoms with Gasteiger partial charge < -0.3 is 10.0 Å². The summed E-state index contributed by atoms with van der Waals surface area (Å²) in [5.74, 6) is -0.123. The van der Waals surface area contributed by atoms with Crippen molar-refractivity contribution in [3.8, 4) is 0 Å². The highest BCUT2D eigenvalue weighted by molar-refractivity contribution is 8.00. The van der Waals surface area contributed by atoms with Crippen LogP contribution in [0.4, 0.5) is 0 Å². The van der Waals surface area contributed by atoms with Crippen LogP contribution in [0.3, 0.4) is 0 Å². The minimum absolute atomic E-state index is 0.0140. The molecule has 1 amide bonds. The normalized spacial score (nSPS) is 25.1. The second-order valence-corrected chi connectivity index (χ2v) is 5.52. The average Bonchev–Trinajstić information content (AvgIpc) is 2.61. The molecule has 0 bridgehead atoms. The van der Waals surface area contributed by atoms with Crippen molar-refractivity contribution in [1.29, 1.82) is 0 Å². The number of carboxylic acid groups (broad SMARTS) is 1. The Morgan fingerprint density at radius 3 is 2.56 bits per heavy atom. The third-order valence-corrected chi connectivity index (χ3v) is 4.26. The molecule has 0 aromatic heterocycles. The summed E-state index contributed by atoms with van der Waals surface area (Å²) in [5, 5.41) is 9.11. The van der Waals surface area contributed by atoms with Gasteiger partial charge >= 0.3 is 5.97 Å². The number of carboxylic acids is 1. The van der Waals surface area contributed by atoms with E-state index in [0.29, 0.717) is 12.2 Å². The van der Waals surface area contributed by atoms with Crippen LogP contribution in [0, 0.1) is 5.92 Å². The number of carbonyl (C=O) groups is 2. The highest BCUT2D eigenvalue weighted by atomic mass is 32.2. The highest BCUT2D eigenvalue weighted by Gasteiger charge is 2.42. The van der Waals surface area contributed by atoms with Crippen LogP contribution in [-0.2, 0) is 9.59 Å². The van der Waals surface area contributed by atoms with Crippen LogP contribution >= 0.6 is 11.8 Å². The van der Waals surface area contributed by atoms with Crippen LogP contribution < -0.4 is 0 Å². The van der Waals surface area contributed by atoms with E-state index in [1.54, 1.807) is 16.7 Å². The molecule has 1 heterocycles. The number of hydrogen-bond acceptors (Lipinski definition) is 3. The zero-order valence-corrected chi connectivity index (χ0v) is 10.8. The largest absolute Gasteiger partial charge is 0.480 e. The fourth-order valence-corrected chi connectivity index (χ4v) is 3.38. The van der Waals surface area contributed by atoms with Crippen molar-refractivity contribution in [3.05, 3.63) is 0 Å². The number of aliphatic carboxylic acids is 1. The van der Waals surface area contributed by atoms with Crippen LogP contribution in [0.1, 0.15) is 33.6 Å². The summed E-state index contributed by atoms with van der Waals surface area (Å²) in [6.07, 6.45) is 1.20. The first-order valence-corrected chi connectivity index (χ1v) is 6.69. The van der Waals surface area contributed by atoms with Gasteiger partial charge in [-0.3, -0.25) is 4.79 Å². The Hall–Kier alpha value is -0.710. The fraction of sp³-hybridized carbons (Fsp3) is 0.818. The molecule has 2 atom stereocenters. The van der Waals surface area contributed by atoms with Crippen LogP contribution in [0.2, 0.25) is 0 Å². The third kappa shape index (κ3) is 2.70. The van der Waals surface area contributed by atoms with Crippen LogP contribution in [0.15, 0.2) is 0 Å². The lowest BCUT2D eigenvalue weighted by Crippen LogP contribution is -2.47. The molecule has 1 fully saturated rings. The van der Waals surface area contributed by atoms with Gasteiger partial charge in [-0.1, -0.05) is 20.8 Å². The number of thioether (sulfide) groups is 1. The molecule has 1 rings (SSSR count). The first kappa shape index (κ1) is 13.4. The molecular weight excluding hydrogens is 226 g/mol. The van der Waals surface area contributed by atoms with E-state index in [9.17, 15) is 9.59 Å². The predicted octanol–water partition coefficient (Wildman–Crippen LogP) is 1.80. The van der Waals surface area contributed by atoms with Gasteiger partial charge in [0.15, 0.2) is 0 Å². The summed E-state index contributed by atoms with van der Waals surface area (Å²) in [6, 6.07) is -0.642. The maximum atomic E-state index is 11.9. The van der Waals surface area contributed by atoms with Crippen molar-refractivity contribution < 1.29 is 14.7 Å². The predicted molar refractivity (Wildman–Crippen MR) is 64.3 cm³/mol. The molecule has 0 radical (unpaired) electrons. The molecule has 1 N–H and O–H groups in total. The van der Waals surface area contributed by atoms with Gasteiger partial charge in [-0.15, -0.1) is 11.8 Å². The fourth-order valence-electron chi connectivity index (χ4n) is 1.89. The molecule has 92 valence electrons. The molecule has 1 aliphatic heterocycles. The first-order valence-electron chi connectivity index (χ1n) is 5.64. The van der Waals surface area contributed by atoms with E-state index in [1.807, 2.05) is 20.8 Å². The van der Waals surface area contributed by atoms with Crippen LogP contribution in [-0.4, -0.2) is 39.1 Å². The van der Waals surface area contributed by atoms with E-state index in [1.165, 1.54) is 0 Å². The summed E-state index contributed by atoms with van der Waals surface area (Å²) in [7, 11) is 0. The SMILES string of the molecule is CCCC(=O)N1C(C(=O)O)CSC1C(C)C. The van der Waals surface area contributed by atoms with Crippen molar-refractivity contribution in [2.75, 3.05) is 5.75 Å². The van der Waals surface area contributed by atoms with Gasteiger partial charge in [0.05, 0.1) is 5.37 Å². The molecule has 16 heavy (non-hydrogen) atoms. The average molecular weight is 245 g/mol. The van der Waals surface area contributed by atoms with Gasteiger partial charge in [-0.25, -0.2) is 4.79 Å². The van der Waals surface area contributed by atoms with Gasteiger partial charge in [0.1, 0.15) is 6.04 Å². The van der Waals surface area contributed by atoms with E-state index in [4.69, 9.17) is 5.11 Å². The lowest BCUT2D eigenvalue weighted by molar-refractivity contribution is -0.149. The summed E-state index contributed by atoms with van der Waals surface area (Å²) < 4.78 is 0. The monoisotopic (exact) mass is 245 g/mol. The number of amides is 1. The van der Waals surface area contributed by atoms with Crippen molar-refractivity contribution in [2.45, 2.75) is 45.0 Å². The maximum absolute atomic E-state index is 11.9. The number of hydrogen-bond donors (Lipinski definition) is 1. The molecule has 0 aliphatic carbocycles. The molecule has 2 unspecified atom stereocenters. The summed E-state index contributed by atoms with van der Waals surface area (Å²) in [4.78, 5) is 24.6. The quantitative estimate of drug-likeness (QED) is 0.820. The van der Waals surface area contributed by atoms with Gasteiger partial charge in [0.2, 0.25) is 5.91 Å². The van der Waals surface area contributed by atoms with E-state index in [-0.39, 0.29) is 17.2 Å². The molecule has 0 spiro atoms. The number of rotatable bonds is 4. The van der Waals surface area contributed by atoms with Crippen LogP contribution in [0.5, 0.6) is 0 Å². The van der Waals surface area contributed by atoms with Gasteiger partial charge in [-0.05, 0) is 12.3 Å². The molecule has 0 aromatic rings. The summed E-state index contributed by atoms with van der Waals surface area (Å²) in [6.45, 7) is 5.98. The Bertz CT molecular complexity index is 280. The van der Waals surface area contributed by atoms with Gasteiger partial charge in [0, 0.05) is 12.2 Å². The maximum Gasteiger partial charge on any atom is 0.327 e. The molecule has 1 aliphatic rings. The minimum Gasteiger partial charge on any atom is -0.480 e. The number of carbonyl (C=O) groups excluding carboxylic acids is 1. The Labute approximate surface area is 100 Å². The van der Waals surface area contributed by atoms with Gasteiger partial charge in [-0.2, -0.15) is 0 Å². The molecule has 1 saturated heterocycles. The van der Waals surface area contributed by atoms with E-state index < -0.39 is 12.0 Å². The summed E-state index contributed by atoms with van der Waals surface area (Å²) >= 11 is 1.57. The Morgan fingerprint density at radius 1 is 1.50 bits per heavy atom. The third-order valence-electron chi connectivity index (χ3n) is 2.64. The zero-order chi connectivity index (χ0) is 12.3. The lowest BCUT2D eigenvalue weighted by atomic mass is 10.1. The molecular formula is C11H19NO3S. The highest BCUT2D eigenvalue weighted by Crippen LogP contribution is 2.34. The number of nitrogens with zero attached hydrogens (tertiary/aromatic N) is 1. The Balaban J connectivity index is 2.84. The standard InChI is InChI=1S/C11H19NO3S/c1-4-5-9(13)12-8(11(14)15)6-16-10(12)7(2)3/h7-8,10H,4-6H2,1-3H3,(H,14,15). The topological polar surface area (TPSA) is 57.6 Å². The minimum atomic E-state index is -0.889. The molecule has 0 aromatic carbocycles. The van der Waals surface area contributed by atoms with E-state index in [0.717, 1.165) is 6.42 Å². The Kier molecular flexibility index (Phi) is 4.65. The molecule has 5 heteroatoms. The summed E-state index contributed by atoms with van der Waals surface area (Å²) in [5.41, 5.74) is 0. The zero-order valence-electron chi connectivity index (χ0n) is 9.97. The molecule has 0 saturated carbocycles. The van der Waals surface area contributed by atoms with Gasteiger partial charge in [0.25, 0.3) is 0 Å². The first-order chi connectivity index (χ1) is 7.49. The second kappa shape index (κ2) is 5.57. The van der Waals surface area contributed by atoms with Crippen molar-refractivity contribution >= 4 is 23.6 Å². The van der Waals surface area contributed by atoms with Crippen molar-refractivity contribution in [2.24, 2.45) is 5.92 Å². The van der Waals surface area contributed by atoms with Crippen molar-refractivity contribution in [3.63, 3.8) is 0 Å². The molecule has 4 nitrogen and oxygen atoms in total. The smallest absolute Gasteiger partial charge is 0.327 e. The Morgan fingerprint density at radius 2 is 2.12 bits per heavy atom. The van der Waals surface area contributed by atoms with E-state index in [2.05, 4.69) is 0 Å². The van der Waals surface area contributed by atoms with E-state index >= 15 is 0 Å². The van der Waals surface area contributed by atoms with Crippen molar-refractivity contribution in [1.82, 2.24) is 4.90 Å².